The van der Waals surface area contributed by atoms with Gasteiger partial charge in [-0.25, -0.2) is 4.98 Å². The van der Waals surface area contributed by atoms with Gasteiger partial charge in [-0.3, -0.25) is 4.79 Å². The van der Waals surface area contributed by atoms with Crippen LogP contribution in [0, 0.1) is 13.8 Å². The molecule has 158 valence electrons. The first-order valence-electron chi connectivity index (χ1n) is 11.0. The van der Waals surface area contributed by atoms with Crippen molar-refractivity contribution in [2.24, 2.45) is 0 Å². The standard InChI is InChI=1S/C25H31N3O2/c1-18-10-8-11-19(2)24(18)30-17-7-6-15-28-22-13-5-4-12-21(22)26-25(28)23-14-9-16-27(23)20(3)29/h4-5,8,10-13,23H,6-7,9,14-17H2,1-3H3. The maximum absolute atomic E-state index is 12.1. The molecule has 0 bridgehead atoms. The molecule has 0 N–H and O–H groups in total. The van der Waals surface area contributed by atoms with Crippen LogP contribution in [0.2, 0.25) is 0 Å². The molecule has 1 unspecified atom stereocenters. The fraction of sp³-hybridized carbons (Fsp3) is 0.440. The zero-order valence-electron chi connectivity index (χ0n) is 18.2. The van der Waals surface area contributed by atoms with Gasteiger partial charge in [-0.1, -0.05) is 30.3 Å². The number of hydrogen-bond acceptors (Lipinski definition) is 3. The Kier molecular flexibility index (Phi) is 6.07. The summed E-state index contributed by atoms with van der Waals surface area (Å²) in [6, 6.07) is 14.6. The lowest BCUT2D eigenvalue weighted by Gasteiger charge is -2.24. The number of fused-ring (bicyclic) bond motifs is 1. The molecule has 5 heteroatoms. The molecule has 1 atom stereocenters. The van der Waals surface area contributed by atoms with Crippen molar-refractivity contribution in [3.63, 3.8) is 0 Å². The topological polar surface area (TPSA) is 47.4 Å². The highest BCUT2D eigenvalue weighted by Gasteiger charge is 2.31. The molecule has 2 aromatic carbocycles. The van der Waals surface area contributed by atoms with Crippen molar-refractivity contribution in [1.82, 2.24) is 14.5 Å². The van der Waals surface area contributed by atoms with Crippen LogP contribution >= 0.6 is 0 Å². The van der Waals surface area contributed by atoms with Gasteiger partial charge in [0.1, 0.15) is 11.6 Å². The lowest BCUT2D eigenvalue weighted by atomic mass is 10.1. The Balaban J connectivity index is 1.46. The minimum absolute atomic E-state index is 0.0840. The van der Waals surface area contributed by atoms with E-state index in [0.717, 1.165) is 61.4 Å². The van der Waals surface area contributed by atoms with Crippen LogP contribution in [-0.4, -0.2) is 33.5 Å². The highest BCUT2D eigenvalue weighted by atomic mass is 16.5. The van der Waals surface area contributed by atoms with Gasteiger partial charge in [0.05, 0.1) is 23.7 Å². The summed E-state index contributed by atoms with van der Waals surface area (Å²) in [5.41, 5.74) is 4.53. The van der Waals surface area contributed by atoms with Gasteiger partial charge in [-0.05, 0) is 62.8 Å². The molecule has 1 aliphatic heterocycles. The Hall–Kier alpha value is -2.82. The van der Waals surface area contributed by atoms with Crippen molar-refractivity contribution in [2.75, 3.05) is 13.2 Å². The first-order chi connectivity index (χ1) is 14.6. The number of carbonyl (C=O) groups excluding carboxylic acids is 1. The van der Waals surface area contributed by atoms with Crippen LogP contribution in [0.3, 0.4) is 0 Å². The Morgan fingerprint density at radius 2 is 1.87 bits per heavy atom. The second kappa shape index (κ2) is 8.90. The predicted octanol–water partition coefficient (Wildman–Crippen LogP) is 5.20. The molecular formula is C25H31N3O2. The molecule has 1 fully saturated rings. The monoisotopic (exact) mass is 405 g/mol. The summed E-state index contributed by atoms with van der Waals surface area (Å²) in [5.74, 6) is 2.17. The van der Waals surface area contributed by atoms with E-state index in [0.29, 0.717) is 6.61 Å². The summed E-state index contributed by atoms with van der Waals surface area (Å²) in [5, 5.41) is 0. The molecule has 0 saturated carbocycles. The van der Waals surface area contributed by atoms with Crippen molar-refractivity contribution in [3.05, 3.63) is 59.4 Å². The third-order valence-corrected chi connectivity index (χ3v) is 6.07. The number of aromatic nitrogens is 2. The second-order valence-electron chi connectivity index (χ2n) is 8.26. The van der Waals surface area contributed by atoms with Crippen LogP contribution in [0.15, 0.2) is 42.5 Å². The van der Waals surface area contributed by atoms with Crippen molar-refractivity contribution >= 4 is 16.9 Å². The number of benzene rings is 2. The number of para-hydroxylation sites is 3. The number of likely N-dealkylation sites (tertiary alicyclic amines) is 1. The Morgan fingerprint density at radius 3 is 2.63 bits per heavy atom. The van der Waals surface area contributed by atoms with Gasteiger partial charge in [0, 0.05) is 20.0 Å². The van der Waals surface area contributed by atoms with E-state index in [1.54, 1.807) is 6.92 Å². The Labute approximate surface area is 178 Å². The van der Waals surface area contributed by atoms with E-state index in [-0.39, 0.29) is 11.9 Å². The van der Waals surface area contributed by atoms with Gasteiger partial charge in [0.2, 0.25) is 5.91 Å². The quantitative estimate of drug-likeness (QED) is 0.508. The molecular weight excluding hydrogens is 374 g/mol. The second-order valence-corrected chi connectivity index (χ2v) is 8.26. The predicted molar refractivity (Wildman–Crippen MR) is 120 cm³/mol. The van der Waals surface area contributed by atoms with Crippen LogP contribution in [0.25, 0.3) is 11.0 Å². The van der Waals surface area contributed by atoms with Gasteiger partial charge < -0.3 is 14.2 Å². The van der Waals surface area contributed by atoms with E-state index >= 15 is 0 Å². The molecule has 4 rings (SSSR count). The molecule has 3 aromatic rings. The highest BCUT2D eigenvalue weighted by molar-refractivity contribution is 5.77. The minimum atomic E-state index is 0.0840. The molecule has 1 amide bonds. The van der Waals surface area contributed by atoms with Crippen LogP contribution < -0.4 is 4.74 Å². The maximum Gasteiger partial charge on any atom is 0.220 e. The lowest BCUT2D eigenvalue weighted by Crippen LogP contribution is -2.30. The van der Waals surface area contributed by atoms with Crippen LogP contribution in [-0.2, 0) is 11.3 Å². The number of amides is 1. The summed E-state index contributed by atoms with van der Waals surface area (Å²) in [7, 11) is 0. The highest BCUT2D eigenvalue weighted by Crippen LogP contribution is 2.33. The molecule has 2 heterocycles. The van der Waals surface area contributed by atoms with E-state index in [1.165, 1.54) is 11.1 Å². The number of aryl methyl sites for hydroxylation is 3. The maximum atomic E-state index is 12.1. The zero-order valence-corrected chi connectivity index (χ0v) is 18.2. The zero-order chi connectivity index (χ0) is 21.1. The van der Waals surface area contributed by atoms with E-state index in [2.05, 4.69) is 54.8 Å². The number of unbranched alkanes of at least 4 members (excludes halogenated alkanes) is 1. The summed E-state index contributed by atoms with van der Waals surface area (Å²) in [4.78, 5) is 19.0. The van der Waals surface area contributed by atoms with E-state index in [1.807, 2.05) is 11.0 Å². The first-order valence-corrected chi connectivity index (χ1v) is 11.0. The largest absolute Gasteiger partial charge is 0.493 e. The van der Waals surface area contributed by atoms with Gasteiger partial charge in [0.15, 0.2) is 0 Å². The minimum Gasteiger partial charge on any atom is -0.493 e. The third kappa shape index (κ3) is 4.07. The van der Waals surface area contributed by atoms with Crippen molar-refractivity contribution in [2.45, 2.75) is 59.0 Å². The first kappa shape index (κ1) is 20.5. The third-order valence-electron chi connectivity index (χ3n) is 6.07. The van der Waals surface area contributed by atoms with Crippen LogP contribution in [0.1, 0.15) is 55.6 Å². The Morgan fingerprint density at radius 1 is 1.10 bits per heavy atom. The number of rotatable bonds is 7. The molecule has 1 aromatic heterocycles. The molecule has 0 spiro atoms. The number of carbonyl (C=O) groups is 1. The normalized spacial score (nSPS) is 16.4. The molecule has 1 saturated heterocycles. The van der Waals surface area contributed by atoms with E-state index in [4.69, 9.17) is 9.72 Å². The molecule has 5 nitrogen and oxygen atoms in total. The van der Waals surface area contributed by atoms with Gasteiger partial charge in [0.25, 0.3) is 0 Å². The average molecular weight is 406 g/mol. The average Bonchev–Trinajstić information content (AvgIpc) is 3.34. The van der Waals surface area contributed by atoms with Crippen molar-refractivity contribution < 1.29 is 9.53 Å². The van der Waals surface area contributed by atoms with Gasteiger partial charge >= 0.3 is 0 Å². The fourth-order valence-corrected chi connectivity index (χ4v) is 4.57. The lowest BCUT2D eigenvalue weighted by molar-refractivity contribution is -0.129. The van der Waals surface area contributed by atoms with Crippen LogP contribution in [0.4, 0.5) is 0 Å². The SMILES string of the molecule is CC(=O)N1CCCC1c1nc2ccccc2n1CCCCOc1c(C)cccc1C. The van der Waals surface area contributed by atoms with Crippen LogP contribution in [0.5, 0.6) is 5.75 Å². The smallest absolute Gasteiger partial charge is 0.220 e. The molecule has 0 aliphatic carbocycles. The van der Waals surface area contributed by atoms with Crippen molar-refractivity contribution in [3.8, 4) is 5.75 Å². The molecule has 1 aliphatic rings. The molecule has 30 heavy (non-hydrogen) atoms. The summed E-state index contributed by atoms with van der Waals surface area (Å²) >= 11 is 0. The number of imidazole rings is 1. The summed E-state index contributed by atoms with van der Waals surface area (Å²) in [6.45, 7) is 8.26. The van der Waals surface area contributed by atoms with E-state index < -0.39 is 0 Å². The fourth-order valence-electron chi connectivity index (χ4n) is 4.57. The summed E-state index contributed by atoms with van der Waals surface area (Å²) in [6.07, 6.45) is 4.00. The number of nitrogens with zero attached hydrogens (tertiary/aromatic N) is 3. The van der Waals surface area contributed by atoms with Gasteiger partial charge in [-0.2, -0.15) is 0 Å². The Bertz CT molecular complexity index is 1020. The molecule has 0 radical (unpaired) electrons. The van der Waals surface area contributed by atoms with Crippen molar-refractivity contribution in [1.29, 1.82) is 0 Å². The van der Waals surface area contributed by atoms with Gasteiger partial charge in [-0.15, -0.1) is 0 Å². The number of hydrogen-bond donors (Lipinski definition) is 0. The van der Waals surface area contributed by atoms with E-state index in [9.17, 15) is 4.79 Å². The number of ether oxygens (including phenoxy) is 1. The summed E-state index contributed by atoms with van der Waals surface area (Å²) < 4.78 is 8.39.